The largest absolute Gasteiger partial charge is 2.00 e. The van der Waals surface area contributed by atoms with Crippen molar-refractivity contribution in [3.05, 3.63) is 95.8 Å². The maximum absolute atomic E-state index is 4.22. The number of allylic oxidation sites excluding steroid dienone is 2. The fraction of sp³-hybridized carbons (Fsp3) is 0.143. The molecule has 106 valence electrons. The Bertz CT molecular complexity index is 665. The van der Waals surface area contributed by atoms with Gasteiger partial charge >= 0.3 is 26.2 Å². The minimum Gasteiger partial charge on any atom is -0.372 e. The van der Waals surface area contributed by atoms with Crippen LogP contribution in [0.2, 0.25) is 0 Å². The molecule has 0 nitrogen and oxygen atoms in total. The average Bonchev–Trinajstić information content (AvgIpc) is 3.14. The SMILES string of the molecule is [CH2-]C[C-](C1C=Cc2ccccc21)C1C=Cc2ccccc21.[Zr+2]. The molecule has 0 aromatic heterocycles. The van der Waals surface area contributed by atoms with Crippen LogP contribution < -0.4 is 0 Å². The first-order valence-electron chi connectivity index (χ1n) is 7.57. The van der Waals surface area contributed by atoms with Gasteiger partial charge in [-0.05, 0) is 11.1 Å². The van der Waals surface area contributed by atoms with Crippen molar-refractivity contribution in [2.45, 2.75) is 18.3 Å². The van der Waals surface area contributed by atoms with E-state index in [4.69, 9.17) is 0 Å². The first-order valence-corrected chi connectivity index (χ1v) is 7.57. The molecule has 4 rings (SSSR count). The van der Waals surface area contributed by atoms with Gasteiger partial charge in [-0.25, -0.2) is 0 Å². The molecule has 2 aliphatic carbocycles. The van der Waals surface area contributed by atoms with E-state index in [1.807, 2.05) is 0 Å². The smallest absolute Gasteiger partial charge is 0.372 e. The van der Waals surface area contributed by atoms with Crippen LogP contribution in [0, 0.1) is 12.8 Å². The van der Waals surface area contributed by atoms with E-state index in [0.29, 0.717) is 11.8 Å². The van der Waals surface area contributed by atoms with Crippen molar-refractivity contribution in [1.82, 2.24) is 0 Å². The first kappa shape index (κ1) is 15.7. The summed E-state index contributed by atoms with van der Waals surface area (Å²) in [4.78, 5) is 0. The standard InChI is InChI=1S/C21H18.Zr/c1-2-17(20-13-11-15-7-3-5-9-18(15)20)21-14-12-16-8-4-6-10-19(16)21;/h3-14,20-21H,1-2H2;/q-2;+2. The van der Waals surface area contributed by atoms with E-state index in [-0.39, 0.29) is 26.2 Å². The van der Waals surface area contributed by atoms with E-state index < -0.39 is 0 Å². The van der Waals surface area contributed by atoms with Crippen molar-refractivity contribution in [2.24, 2.45) is 0 Å². The van der Waals surface area contributed by atoms with Crippen molar-refractivity contribution in [3.63, 3.8) is 0 Å². The van der Waals surface area contributed by atoms with Gasteiger partial charge < -0.3 is 19.3 Å². The number of benzene rings is 2. The van der Waals surface area contributed by atoms with Crippen LogP contribution in [-0.4, -0.2) is 0 Å². The molecule has 0 fully saturated rings. The second kappa shape index (κ2) is 6.51. The average molecular weight is 362 g/mol. The van der Waals surface area contributed by atoms with Gasteiger partial charge in [-0.15, -0.1) is 24.0 Å². The molecule has 0 bridgehead atoms. The Morgan fingerprint density at radius 1 is 0.773 bits per heavy atom. The van der Waals surface area contributed by atoms with Gasteiger partial charge in [-0.1, -0.05) is 71.8 Å². The molecule has 0 radical (unpaired) electrons. The summed E-state index contributed by atoms with van der Waals surface area (Å²) in [7, 11) is 0. The number of fused-ring (bicyclic) bond motifs is 2. The summed E-state index contributed by atoms with van der Waals surface area (Å²) in [5.74, 6) is 2.30. The molecular formula is C21H18Zr. The third kappa shape index (κ3) is 2.50. The normalized spacial score (nSPS) is 20.8. The Balaban J connectivity index is 0.00000144. The van der Waals surface area contributed by atoms with Gasteiger partial charge in [-0.3, -0.25) is 0 Å². The summed E-state index contributed by atoms with van der Waals surface area (Å²) in [5, 5.41) is 0. The summed E-state index contributed by atoms with van der Waals surface area (Å²) in [6.07, 6.45) is 10.0. The van der Waals surface area contributed by atoms with Crippen LogP contribution in [0.3, 0.4) is 0 Å². The summed E-state index contributed by atoms with van der Waals surface area (Å²) >= 11 is 0. The van der Waals surface area contributed by atoms with Gasteiger partial charge in [0.2, 0.25) is 0 Å². The Labute approximate surface area is 152 Å². The zero-order chi connectivity index (χ0) is 14.2. The third-order valence-corrected chi connectivity index (χ3v) is 4.69. The van der Waals surface area contributed by atoms with Crippen LogP contribution in [0.5, 0.6) is 0 Å². The fourth-order valence-electron chi connectivity index (χ4n) is 3.65. The van der Waals surface area contributed by atoms with Crippen molar-refractivity contribution >= 4 is 12.2 Å². The Morgan fingerprint density at radius 2 is 1.23 bits per heavy atom. The van der Waals surface area contributed by atoms with Gasteiger partial charge in [0.25, 0.3) is 0 Å². The fourth-order valence-corrected chi connectivity index (χ4v) is 3.65. The number of hydrogen-bond donors (Lipinski definition) is 0. The minimum absolute atomic E-state index is 0. The molecule has 0 spiro atoms. The topological polar surface area (TPSA) is 0 Å². The van der Waals surface area contributed by atoms with Crippen LogP contribution in [0.4, 0.5) is 0 Å². The van der Waals surface area contributed by atoms with Crippen molar-refractivity contribution < 1.29 is 26.2 Å². The second-order valence-corrected chi connectivity index (χ2v) is 5.76. The summed E-state index contributed by atoms with van der Waals surface area (Å²) in [6, 6.07) is 17.4. The van der Waals surface area contributed by atoms with Gasteiger partial charge in [0.1, 0.15) is 0 Å². The van der Waals surface area contributed by atoms with Crippen LogP contribution >= 0.6 is 0 Å². The van der Waals surface area contributed by atoms with Crippen LogP contribution in [0.25, 0.3) is 12.2 Å². The van der Waals surface area contributed by atoms with Crippen LogP contribution in [0.1, 0.15) is 40.5 Å². The summed E-state index contributed by atoms with van der Waals surface area (Å²) in [6.45, 7) is 4.22. The molecule has 2 aliphatic rings. The summed E-state index contributed by atoms with van der Waals surface area (Å²) < 4.78 is 0. The molecule has 2 aromatic carbocycles. The van der Waals surface area contributed by atoms with Gasteiger partial charge in [0.15, 0.2) is 0 Å². The monoisotopic (exact) mass is 360 g/mol. The molecule has 22 heavy (non-hydrogen) atoms. The van der Waals surface area contributed by atoms with Crippen molar-refractivity contribution in [1.29, 1.82) is 0 Å². The molecule has 0 saturated carbocycles. The molecule has 0 N–H and O–H groups in total. The zero-order valence-electron chi connectivity index (χ0n) is 12.5. The number of rotatable bonds is 3. The summed E-state index contributed by atoms with van der Waals surface area (Å²) in [5.41, 5.74) is 5.55. The van der Waals surface area contributed by atoms with E-state index in [9.17, 15) is 0 Å². The van der Waals surface area contributed by atoms with E-state index >= 15 is 0 Å². The molecule has 2 atom stereocenters. The zero-order valence-corrected chi connectivity index (χ0v) is 15.0. The van der Waals surface area contributed by atoms with Gasteiger partial charge in [0, 0.05) is 0 Å². The van der Waals surface area contributed by atoms with E-state index in [0.717, 1.165) is 6.42 Å². The molecular weight excluding hydrogens is 343 g/mol. The van der Waals surface area contributed by atoms with Crippen LogP contribution in [0.15, 0.2) is 60.7 Å². The molecule has 0 aliphatic heterocycles. The quantitative estimate of drug-likeness (QED) is 0.642. The molecule has 0 saturated heterocycles. The van der Waals surface area contributed by atoms with Gasteiger partial charge in [-0.2, -0.15) is 0 Å². The predicted molar refractivity (Wildman–Crippen MR) is 89.7 cm³/mol. The van der Waals surface area contributed by atoms with Gasteiger partial charge in [0.05, 0.1) is 0 Å². The predicted octanol–water partition coefficient (Wildman–Crippen LogP) is 5.40. The maximum atomic E-state index is 4.22. The molecule has 0 heterocycles. The van der Waals surface area contributed by atoms with E-state index in [1.165, 1.54) is 28.2 Å². The minimum atomic E-state index is 0. The molecule has 0 amide bonds. The van der Waals surface area contributed by atoms with Crippen LogP contribution in [-0.2, 0) is 26.2 Å². The number of hydrogen-bond acceptors (Lipinski definition) is 0. The molecule has 1 heteroatoms. The molecule has 2 aromatic rings. The van der Waals surface area contributed by atoms with Crippen molar-refractivity contribution in [2.75, 3.05) is 0 Å². The van der Waals surface area contributed by atoms with Crippen molar-refractivity contribution in [3.8, 4) is 0 Å². The Hall–Kier alpha value is -1.20. The van der Waals surface area contributed by atoms with E-state index in [2.05, 4.69) is 79.8 Å². The maximum Gasteiger partial charge on any atom is 2.00 e. The Kier molecular flexibility index (Phi) is 4.64. The second-order valence-electron chi connectivity index (χ2n) is 5.76. The Morgan fingerprint density at radius 3 is 1.68 bits per heavy atom. The van der Waals surface area contributed by atoms with E-state index in [1.54, 1.807) is 0 Å². The molecule has 2 unspecified atom stereocenters. The first-order chi connectivity index (χ1) is 10.4. The third-order valence-electron chi connectivity index (χ3n) is 4.69.